The Morgan fingerprint density at radius 3 is 2.83 bits per heavy atom. The average molecular weight is 399 g/mol. The predicted molar refractivity (Wildman–Crippen MR) is 109 cm³/mol. The monoisotopic (exact) mass is 398 g/mol. The predicted octanol–water partition coefficient (Wildman–Crippen LogP) is 1.32. The molecule has 0 bridgehead atoms. The number of nitrogens with one attached hydrogen (secondary N) is 3. The molecule has 2 fully saturated rings. The first-order valence-electron chi connectivity index (χ1n) is 10.8. The van der Waals surface area contributed by atoms with Crippen molar-refractivity contribution in [1.29, 1.82) is 0 Å². The van der Waals surface area contributed by atoms with E-state index in [-0.39, 0.29) is 24.1 Å². The van der Waals surface area contributed by atoms with Crippen LogP contribution in [-0.4, -0.2) is 48.3 Å². The van der Waals surface area contributed by atoms with Crippen molar-refractivity contribution in [2.75, 3.05) is 19.6 Å². The van der Waals surface area contributed by atoms with E-state index in [0.717, 1.165) is 37.3 Å². The lowest BCUT2D eigenvalue weighted by atomic mass is 9.96. The van der Waals surface area contributed by atoms with Gasteiger partial charge in [0.2, 0.25) is 11.8 Å². The molecule has 7 nitrogen and oxygen atoms in total. The molecule has 3 aliphatic rings. The van der Waals surface area contributed by atoms with Gasteiger partial charge in [0.1, 0.15) is 6.04 Å². The molecule has 4 rings (SSSR count). The Labute approximate surface area is 171 Å². The lowest BCUT2D eigenvalue weighted by Crippen LogP contribution is -2.52. The van der Waals surface area contributed by atoms with Gasteiger partial charge in [0.15, 0.2) is 0 Å². The maximum absolute atomic E-state index is 12.8. The van der Waals surface area contributed by atoms with Gasteiger partial charge in [0.25, 0.3) is 5.91 Å². The van der Waals surface area contributed by atoms with Crippen LogP contribution in [0.5, 0.6) is 0 Å². The first kappa shape index (κ1) is 20.0. The maximum atomic E-state index is 12.8. The average Bonchev–Trinajstić information content (AvgIpc) is 2.99. The van der Waals surface area contributed by atoms with Crippen LogP contribution >= 0.6 is 0 Å². The number of hydrogen-bond donors (Lipinski definition) is 3. The van der Waals surface area contributed by atoms with Gasteiger partial charge in [-0.15, -0.1) is 0 Å². The second-order valence-electron chi connectivity index (χ2n) is 8.42. The summed E-state index contributed by atoms with van der Waals surface area (Å²) >= 11 is 0. The highest BCUT2D eigenvalue weighted by Crippen LogP contribution is 2.28. The lowest BCUT2D eigenvalue weighted by molar-refractivity contribution is -0.136. The Hall–Kier alpha value is -2.25. The van der Waals surface area contributed by atoms with Crippen LogP contribution in [-0.2, 0) is 22.7 Å². The number of imide groups is 1. The number of carbonyl (C=O) groups is 3. The van der Waals surface area contributed by atoms with E-state index in [0.29, 0.717) is 24.4 Å². The van der Waals surface area contributed by atoms with Gasteiger partial charge in [-0.25, -0.2) is 0 Å². The fraction of sp³-hybridized carbons (Fsp3) is 0.591. The van der Waals surface area contributed by atoms with Gasteiger partial charge < -0.3 is 15.5 Å². The van der Waals surface area contributed by atoms with Crippen LogP contribution < -0.4 is 16.0 Å². The zero-order valence-corrected chi connectivity index (χ0v) is 16.8. The van der Waals surface area contributed by atoms with Gasteiger partial charge in [0.05, 0.1) is 0 Å². The van der Waals surface area contributed by atoms with Crippen LogP contribution in [0, 0.1) is 5.92 Å². The molecular weight excluding hydrogens is 368 g/mol. The summed E-state index contributed by atoms with van der Waals surface area (Å²) in [5, 5.41) is 9.41. The number of benzene rings is 1. The molecule has 7 heteroatoms. The first-order valence-corrected chi connectivity index (χ1v) is 10.8. The first-order chi connectivity index (χ1) is 14.1. The SMILES string of the molecule is O=C1CCC(N2Cc3cc(CNCC4CCCCNCC4)ccc3C2=O)C(=O)N1. The number of carbonyl (C=O) groups excluding carboxylic acids is 3. The van der Waals surface area contributed by atoms with Gasteiger partial charge in [0, 0.05) is 25.1 Å². The van der Waals surface area contributed by atoms with E-state index in [9.17, 15) is 14.4 Å². The number of hydrogen-bond acceptors (Lipinski definition) is 5. The minimum atomic E-state index is -0.554. The molecule has 0 saturated carbocycles. The second kappa shape index (κ2) is 9.05. The van der Waals surface area contributed by atoms with Crippen LogP contribution in [0.2, 0.25) is 0 Å². The van der Waals surface area contributed by atoms with Gasteiger partial charge in [-0.1, -0.05) is 18.6 Å². The van der Waals surface area contributed by atoms with E-state index >= 15 is 0 Å². The van der Waals surface area contributed by atoms with Crippen molar-refractivity contribution in [3.63, 3.8) is 0 Å². The molecule has 29 heavy (non-hydrogen) atoms. The van der Waals surface area contributed by atoms with E-state index in [1.54, 1.807) is 4.90 Å². The molecule has 1 aromatic carbocycles. The third-order valence-electron chi connectivity index (χ3n) is 6.30. The minimum absolute atomic E-state index is 0.115. The van der Waals surface area contributed by atoms with Crippen molar-refractivity contribution in [2.24, 2.45) is 5.92 Å². The fourth-order valence-corrected chi connectivity index (χ4v) is 4.62. The largest absolute Gasteiger partial charge is 0.322 e. The Balaban J connectivity index is 1.33. The quantitative estimate of drug-likeness (QED) is 0.651. The molecule has 0 radical (unpaired) electrons. The smallest absolute Gasteiger partial charge is 0.255 e. The van der Waals surface area contributed by atoms with Gasteiger partial charge in [-0.2, -0.15) is 0 Å². The number of fused-ring (bicyclic) bond motifs is 1. The lowest BCUT2D eigenvalue weighted by Gasteiger charge is -2.29. The molecular formula is C22H30N4O3. The van der Waals surface area contributed by atoms with Crippen LogP contribution in [0.25, 0.3) is 0 Å². The molecule has 3 N–H and O–H groups in total. The number of amides is 3. The van der Waals surface area contributed by atoms with Crippen molar-refractivity contribution >= 4 is 17.7 Å². The molecule has 2 saturated heterocycles. The number of nitrogens with zero attached hydrogens (tertiary/aromatic N) is 1. The third kappa shape index (κ3) is 4.67. The highest BCUT2D eigenvalue weighted by Gasteiger charge is 2.39. The molecule has 3 aliphatic heterocycles. The van der Waals surface area contributed by atoms with Crippen molar-refractivity contribution in [3.8, 4) is 0 Å². The number of rotatable bonds is 5. The van der Waals surface area contributed by atoms with Crippen molar-refractivity contribution in [1.82, 2.24) is 20.9 Å². The summed E-state index contributed by atoms with van der Waals surface area (Å²) < 4.78 is 0. The topological polar surface area (TPSA) is 90.5 Å². The highest BCUT2D eigenvalue weighted by molar-refractivity contribution is 6.05. The molecule has 156 valence electrons. The van der Waals surface area contributed by atoms with Crippen molar-refractivity contribution < 1.29 is 14.4 Å². The molecule has 0 spiro atoms. The third-order valence-corrected chi connectivity index (χ3v) is 6.30. The highest BCUT2D eigenvalue weighted by atomic mass is 16.2. The Kier molecular flexibility index (Phi) is 6.25. The molecule has 3 amide bonds. The normalized spacial score (nSPS) is 25.4. The summed E-state index contributed by atoms with van der Waals surface area (Å²) in [5.41, 5.74) is 2.80. The molecule has 0 aromatic heterocycles. The van der Waals surface area contributed by atoms with Gasteiger partial charge in [-0.05, 0) is 68.4 Å². The maximum Gasteiger partial charge on any atom is 0.255 e. The van der Waals surface area contributed by atoms with Crippen LogP contribution in [0.4, 0.5) is 0 Å². The summed E-state index contributed by atoms with van der Waals surface area (Å²) in [6.45, 7) is 4.47. The molecule has 1 aromatic rings. The summed E-state index contributed by atoms with van der Waals surface area (Å²) in [6.07, 6.45) is 5.73. The fourth-order valence-electron chi connectivity index (χ4n) is 4.62. The van der Waals surface area contributed by atoms with E-state index in [1.165, 1.54) is 25.7 Å². The van der Waals surface area contributed by atoms with Gasteiger partial charge >= 0.3 is 0 Å². The Morgan fingerprint density at radius 1 is 1.07 bits per heavy atom. The van der Waals surface area contributed by atoms with Crippen LogP contribution in [0.15, 0.2) is 18.2 Å². The molecule has 3 heterocycles. The summed E-state index contributed by atoms with van der Waals surface area (Å²) in [6, 6.07) is 5.39. The molecule has 0 aliphatic carbocycles. The molecule has 2 unspecified atom stereocenters. The molecule has 2 atom stereocenters. The van der Waals surface area contributed by atoms with E-state index in [4.69, 9.17) is 0 Å². The summed E-state index contributed by atoms with van der Waals surface area (Å²) in [7, 11) is 0. The summed E-state index contributed by atoms with van der Waals surface area (Å²) in [4.78, 5) is 37.9. The Bertz CT molecular complexity index is 786. The van der Waals surface area contributed by atoms with E-state index in [1.807, 2.05) is 12.1 Å². The van der Waals surface area contributed by atoms with Crippen molar-refractivity contribution in [2.45, 2.75) is 57.7 Å². The summed E-state index contributed by atoms with van der Waals surface area (Å²) in [5.74, 6) is -0.0281. The minimum Gasteiger partial charge on any atom is -0.322 e. The number of piperidine rings is 1. The van der Waals surface area contributed by atoms with E-state index in [2.05, 4.69) is 22.0 Å². The standard InChI is InChI=1S/C22H30N4O3/c27-20-7-6-19(21(28)25-20)26-14-17-11-16(4-5-18(17)22(26)29)13-24-12-15-3-1-2-9-23-10-8-15/h4-5,11,15,19,23-24H,1-3,6-10,12-14H2,(H,25,27,28). The van der Waals surface area contributed by atoms with E-state index < -0.39 is 6.04 Å². The second-order valence-corrected chi connectivity index (χ2v) is 8.42. The van der Waals surface area contributed by atoms with Crippen LogP contribution in [0.3, 0.4) is 0 Å². The van der Waals surface area contributed by atoms with Gasteiger partial charge in [-0.3, -0.25) is 19.7 Å². The van der Waals surface area contributed by atoms with Crippen LogP contribution in [0.1, 0.15) is 60.0 Å². The zero-order valence-electron chi connectivity index (χ0n) is 16.8. The van der Waals surface area contributed by atoms with Crippen molar-refractivity contribution in [3.05, 3.63) is 34.9 Å². The zero-order chi connectivity index (χ0) is 20.2. The Morgan fingerprint density at radius 2 is 1.97 bits per heavy atom.